The lowest BCUT2D eigenvalue weighted by Gasteiger charge is -2.22. The molecule has 18 heavy (non-hydrogen) atoms. The van der Waals surface area contributed by atoms with Crippen LogP contribution in [-0.4, -0.2) is 13.1 Å². The van der Waals surface area contributed by atoms with Crippen molar-refractivity contribution < 1.29 is 9.53 Å². The second-order valence-electron chi connectivity index (χ2n) is 6.12. The molecule has 0 saturated heterocycles. The maximum absolute atomic E-state index is 11.8. The highest BCUT2D eigenvalue weighted by molar-refractivity contribution is 5.78. The number of carbonyl (C=O) groups is 1. The lowest BCUT2D eigenvalue weighted by Crippen LogP contribution is -2.20. The van der Waals surface area contributed by atoms with Crippen LogP contribution in [0, 0.1) is 5.92 Å². The van der Waals surface area contributed by atoms with Gasteiger partial charge in [-0.3, -0.25) is 4.79 Å². The quantitative estimate of drug-likeness (QED) is 0.758. The van der Waals surface area contributed by atoms with Gasteiger partial charge in [-0.1, -0.05) is 58.9 Å². The summed E-state index contributed by atoms with van der Waals surface area (Å²) >= 11 is 0. The lowest BCUT2D eigenvalue weighted by molar-refractivity contribution is -0.143. The van der Waals surface area contributed by atoms with Crippen LogP contribution in [0.5, 0.6) is 0 Å². The molecule has 1 rings (SSSR count). The van der Waals surface area contributed by atoms with Gasteiger partial charge in [0.1, 0.15) is 0 Å². The number of esters is 1. The molecule has 100 valence electrons. The maximum Gasteiger partial charge on any atom is 0.313 e. The smallest absolute Gasteiger partial charge is 0.313 e. The Kier molecular flexibility index (Phi) is 4.55. The average molecular weight is 248 g/mol. The maximum atomic E-state index is 11.8. The Morgan fingerprint density at radius 2 is 1.61 bits per heavy atom. The van der Waals surface area contributed by atoms with E-state index in [0.717, 1.165) is 5.56 Å². The summed E-state index contributed by atoms with van der Waals surface area (Å²) in [6, 6.07) is 8.30. The van der Waals surface area contributed by atoms with Gasteiger partial charge in [-0.2, -0.15) is 0 Å². The van der Waals surface area contributed by atoms with Gasteiger partial charge in [0.15, 0.2) is 0 Å². The van der Waals surface area contributed by atoms with E-state index in [1.165, 1.54) is 12.7 Å². The Morgan fingerprint density at radius 1 is 1.11 bits per heavy atom. The zero-order valence-electron chi connectivity index (χ0n) is 12.3. The molecule has 1 atom stereocenters. The first-order valence-electron chi connectivity index (χ1n) is 6.45. The van der Waals surface area contributed by atoms with E-state index in [-0.39, 0.29) is 23.2 Å². The lowest BCUT2D eigenvalue weighted by atomic mass is 9.83. The monoisotopic (exact) mass is 248 g/mol. The molecule has 1 unspecified atom stereocenters. The van der Waals surface area contributed by atoms with Crippen molar-refractivity contribution in [2.45, 2.75) is 46.0 Å². The summed E-state index contributed by atoms with van der Waals surface area (Å²) in [7, 11) is 1.45. The van der Waals surface area contributed by atoms with Gasteiger partial charge in [0.25, 0.3) is 0 Å². The number of methoxy groups -OCH3 is 1. The van der Waals surface area contributed by atoms with Gasteiger partial charge in [-0.05, 0) is 22.5 Å². The third-order valence-corrected chi connectivity index (χ3v) is 3.26. The first-order chi connectivity index (χ1) is 8.27. The number of ether oxygens (including phenoxy) is 1. The van der Waals surface area contributed by atoms with E-state index < -0.39 is 0 Å². The number of hydrogen-bond acceptors (Lipinski definition) is 2. The van der Waals surface area contributed by atoms with E-state index in [2.05, 4.69) is 32.9 Å². The van der Waals surface area contributed by atoms with Crippen LogP contribution < -0.4 is 0 Å². The number of rotatable bonds is 3. The first-order valence-corrected chi connectivity index (χ1v) is 6.45. The van der Waals surface area contributed by atoms with E-state index in [4.69, 9.17) is 4.74 Å². The van der Waals surface area contributed by atoms with Crippen LogP contribution >= 0.6 is 0 Å². The highest BCUT2D eigenvalue weighted by atomic mass is 16.5. The Balaban J connectivity index is 3.05. The van der Waals surface area contributed by atoms with Gasteiger partial charge in [0.2, 0.25) is 0 Å². The van der Waals surface area contributed by atoms with Gasteiger partial charge in [0, 0.05) is 0 Å². The van der Waals surface area contributed by atoms with Crippen molar-refractivity contribution in [3.05, 3.63) is 35.4 Å². The van der Waals surface area contributed by atoms with E-state index in [9.17, 15) is 4.79 Å². The average Bonchev–Trinajstić information content (AvgIpc) is 2.28. The molecule has 0 amide bonds. The van der Waals surface area contributed by atoms with Crippen molar-refractivity contribution >= 4 is 5.97 Å². The summed E-state index contributed by atoms with van der Waals surface area (Å²) in [5.74, 6) is -0.101. The summed E-state index contributed by atoms with van der Waals surface area (Å²) in [5, 5.41) is 0. The molecule has 0 aromatic heterocycles. The Hall–Kier alpha value is -1.31. The molecule has 1 aromatic rings. The van der Waals surface area contributed by atoms with Gasteiger partial charge in [-0.15, -0.1) is 0 Å². The molecule has 0 N–H and O–H groups in total. The highest BCUT2D eigenvalue weighted by Crippen LogP contribution is 2.28. The number of hydrogen-bond donors (Lipinski definition) is 0. The summed E-state index contributed by atoms with van der Waals surface area (Å²) in [6.45, 7) is 10.6. The fourth-order valence-electron chi connectivity index (χ4n) is 2.11. The SMILES string of the molecule is COC(=O)C(c1ccc(C(C)(C)C)cc1)C(C)C. The Bertz CT molecular complexity index is 396. The second kappa shape index (κ2) is 5.55. The molecule has 0 radical (unpaired) electrons. The minimum atomic E-state index is -0.177. The molecule has 0 saturated carbocycles. The molecule has 0 bridgehead atoms. The molecule has 0 aliphatic rings. The van der Waals surface area contributed by atoms with Crippen LogP contribution in [-0.2, 0) is 14.9 Å². The van der Waals surface area contributed by atoms with Crippen molar-refractivity contribution in [3.8, 4) is 0 Å². The summed E-state index contributed by atoms with van der Waals surface area (Å²) in [5.41, 5.74) is 2.44. The van der Waals surface area contributed by atoms with Crippen molar-refractivity contribution in [3.63, 3.8) is 0 Å². The first kappa shape index (κ1) is 14.7. The van der Waals surface area contributed by atoms with Gasteiger partial charge in [-0.25, -0.2) is 0 Å². The zero-order valence-corrected chi connectivity index (χ0v) is 12.3. The largest absolute Gasteiger partial charge is 0.469 e. The van der Waals surface area contributed by atoms with Gasteiger partial charge >= 0.3 is 5.97 Å². The topological polar surface area (TPSA) is 26.3 Å². The summed E-state index contributed by atoms with van der Waals surface area (Å²) in [4.78, 5) is 11.8. The molecular weight excluding hydrogens is 224 g/mol. The normalized spacial score (nSPS) is 13.5. The molecule has 0 aliphatic carbocycles. The molecule has 0 fully saturated rings. The Morgan fingerprint density at radius 3 is 1.94 bits per heavy atom. The number of benzene rings is 1. The molecular formula is C16H24O2. The molecule has 0 spiro atoms. The standard InChI is InChI=1S/C16H24O2/c1-11(2)14(15(17)18-6)12-7-9-13(10-8-12)16(3,4)5/h7-11,14H,1-6H3. The minimum Gasteiger partial charge on any atom is -0.469 e. The van der Waals surface area contributed by atoms with Crippen LogP contribution in [0.4, 0.5) is 0 Å². The van der Waals surface area contributed by atoms with E-state index in [0.29, 0.717) is 0 Å². The van der Waals surface area contributed by atoms with Crippen LogP contribution in [0.3, 0.4) is 0 Å². The van der Waals surface area contributed by atoms with E-state index >= 15 is 0 Å². The van der Waals surface area contributed by atoms with Crippen LogP contribution in [0.15, 0.2) is 24.3 Å². The molecule has 2 heteroatoms. The predicted molar refractivity (Wildman–Crippen MR) is 74.7 cm³/mol. The molecule has 2 nitrogen and oxygen atoms in total. The molecule has 1 aromatic carbocycles. The summed E-state index contributed by atoms with van der Waals surface area (Å²) in [6.07, 6.45) is 0. The van der Waals surface area contributed by atoms with Crippen LogP contribution in [0.25, 0.3) is 0 Å². The Labute approximate surface area is 110 Å². The predicted octanol–water partition coefficient (Wildman–Crippen LogP) is 3.90. The third-order valence-electron chi connectivity index (χ3n) is 3.26. The zero-order chi connectivity index (χ0) is 13.9. The fourth-order valence-corrected chi connectivity index (χ4v) is 2.11. The van der Waals surface area contributed by atoms with Crippen LogP contribution in [0.1, 0.15) is 51.7 Å². The third kappa shape index (κ3) is 3.34. The highest BCUT2D eigenvalue weighted by Gasteiger charge is 2.25. The van der Waals surface area contributed by atoms with Crippen LogP contribution in [0.2, 0.25) is 0 Å². The molecule has 0 heterocycles. The van der Waals surface area contributed by atoms with E-state index in [1.54, 1.807) is 0 Å². The van der Waals surface area contributed by atoms with E-state index in [1.807, 2.05) is 26.0 Å². The minimum absolute atomic E-state index is 0.136. The van der Waals surface area contributed by atoms with Gasteiger partial charge < -0.3 is 4.74 Å². The van der Waals surface area contributed by atoms with Crippen molar-refractivity contribution in [2.24, 2.45) is 5.92 Å². The number of carbonyl (C=O) groups excluding carboxylic acids is 1. The second-order valence-corrected chi connectivity index (χ2v) is 6.12. The van der Waals surface area contributed by atoms with Gasteiger partial charge in [0.05, 0.1) is 13.0 Å². The van der Waals surface area contributed by atoms with Crippen molar-refractivity contribution in [1.29, 1.82) is 0 Å². The fraction of sp³-hybridized carbons (Fsp3) is 0.562. The summed E-state index contributed by atoms with van der Waals surface area (Å²) < 4.78 is 4.89. The van der Waals surface area contributed by atoms with Crippen molar-refractivity contribution in [2.75, 3.05) is 7.11 Å². The molecule has 0 aliphatic heterocycles. The van der Waals surface area contributed by atoms with Crippen molar-refractivity contribution in [1.82, 2.24) is 0 Å².